The van der Waals surface area contributed by atoms with E-state index in [0.29, 0.717) is 0 Å². The van der Waals surface area contributed by atoms with E-state index in [4.69, 9.17) is 0 Å². The van der Waals surface area contributed by atoms with Crippen LogP contribution in [0, 0.1) is 18.8 Å². The van der Waals surface area contributed by atoms with Crippen LogP contribution in [0.3, 0.4) is 0 Å². The van der Waals surface area contributed by atoms with Crippen molar-refractivity contribution < 1.29 is 20.4 Å². The van der Waals surface area contributed by atoms with Gasteiger partial charge in [-0.1, -0.05) is 42.0 Å². The van der Waals surface area contributed by atoms with Crippen molar-refractivity contribution in [2.45, 2.75) is 0 Å². The van der Waals surface area contributed by atoms with Gasteiger partial charge < -0.3 is 14.6 Å². The molecule has 4 heterocycles. The van der Waals surface area contributed by atoms with Gasteiger partial charge in [-0.3, -0.25) is 4.98 Å². The molecule has 8 rings (SSSR count). The van der Waals surface area contributed by atoms with Crippen molar-refractivity contribution in [2.75, 3.05) is 16.8 Å². The summed E-state index contributed by atoms with van der Waals surface area (Å²) in [7, 11) is 2.04. The molecule has 4 aromatic carbocycles. The molecule has 0 amide bonds. The molecular formula is C31H20BN4PdS-3. The Morgan fingerprint density at radius 1 is 0.789 bits per heavy atom. The summed E-state index contributed by atoms with van der Waals surface area (Å²) in [5.74, 6) is 0. The smallest absolute Gasteiger partial charge is 0.285 e. The van der Waals surface area contributed by atoms with Gasteiger partial charge in [-0.05, 0) is 37.1 Å². The summed E-state index contributed by atoms with van der Waals surface area (Å²) in [5, 5.41) is 3.01. The molecule has 1 aromatic heterocycles. The van der Waals surface area contributed by atoms with Gasteiger partial charge in [-0.15, -0.1) is 52.1 Å². The molecule has 5 aromatic rings. The van der Waals surface area contributed by atoms with Crippen molar-refractivity contribution in [3.05, 3.63) is 116 Å². The summed E-state index contributed by atoms with van der Waals surface area (Å²) in [4.78, 5) is 11.2. The summed E-state index contributed by atoms with van der Waals surface area (Å²) < 4.78 is 0. The first-order chi connectivity index (χ1) is 18.3. The van der Waals surface area contributed by atoms with Crippen LogP contribution in [0.4, 0.5) is 17.1 Å². The fourth-order valence-electron chi connectivity index (χ4n) is 5.77. The molecule has 0 saturated carbocycles. The van der Waals surface area contributed by atoms with Crippen LogP contribution >= 0.6 is 11.3 Å². The van der Waals surface area contributed by atoms with E-state index < -0.39 is 0 Å². The van der Waals surface area contributed by atoms with Gasteiger partial charge in [-0.25, -0.2) is 0 Å². The Balaban J connectivity index is 0.00000242. The average Bonchev–Trinajstić information content (AvgIpc) is 3.65. The van der Waals surface area contributed by atoms with Crippen molar-refractivity contribution >= 4 is 46.2 Å². The van der Waals surface area contributed by atoms with Gasteiger partial charge in [0.1, 0.15) is 0 Å². The Bertz CT molecular complexity index is 1720. The second-order valence-electron chi connectivity index (χ2n) is 9.50. The molecule has 0 radical (unpaired) electrons. The summed E-state index contributed by atoms with van der Waals surface area (Å²) >= 11 is 1.65. The number of hydrogen-bond donors (Lipinski definition) is 0. The second kappa shape index (κ2) is 8.99. The first-order valence-electron chi connectivity index (χ1n) is 12.3. The molecule has 0 atom stereocenters. The molecule has 0 fully saturated rings. The molecule has 3 aliphatic heterocycles. The zero-order chi connectivity index (χ0) is 24.5. The third kappa shape index (κ3) is 3.43. The van der Waals surface area contributed by atoms with Crippen LogP contribution in [0.1, 0.15) is 0 Å². The topological polar surface area (TPSA) is 22.6 Å². The standard InChI is InChI=1S/C31H20BN4S.Pd/c1-34-15-16-35(20-34)22-11-13-24-26-7-3-5-9-30(26)36-29-8-4-2-6-25(29)23-12-10-21(31-33-14-17-37-31)18-27(23)32(36)28(24)19-22;/h2-17,20H,1H3;/q-3;. The van der Waals surface area contributed by atoms with Gasteiger partial charge in [0.2, 0.25) is 0 Å². The quantitative estimate of drug-likeness (QED) is 0.194. The fraction of sp³-hybridized carbons (Fsp3) is 0.0323. The van der Waals surface area contributed by atoms with E-state index in [-0.39, 0.29) is 27.3 Å². The number of hydrogen-bond acceptors (Lipinski definition) is 5. The summed E-state index contributed by atoms with van der Waals surface area (Å²) in [6, 6.07) is 33.9. The zero-order valence-electron chi connectivity index (χ0n) is 20.4. The van der Waals surface area contributed by atoms with Crippen molar-refractivity contribution in [1.82, 2.24) is 9.88 Å². The van der Waals surface area contributed by atoms with Gasteiger partial charge in [-0.2, -0.15) is 35.6 Å². The number of thiazole rings is 1. The third-order valence-corrected chi connectivity index (χ3v) is 8.17. The first-order valence-corrected chi connectivity index (χ1v) is 13.2. The Labute approximate surface area is 240 Å². The summed E-state index contributed by atoms with van der Waals surface area (Å²) in [6.07, 6.45) is 5.98. The molecule has 0 spiro atoms. The Kier molecular flexibility index (Phi) is 5.56. The molecule has 38 heavy (non-hydrogen) atoms. The van der Waals surface area contributed by atoms with E-state index in [1.54, 1.807) is 11.3 Å². The molecule has 0 bridgehead atoms. The van der Waals surface area contributed by atoms with Crippen LogP contribution in [-0.2, 0) is 20.4 Å². The van der Waals surface area contributed by atoms with Crippen molar-refractivity contribution in [2.24, 2.45) is 0 Å². The molecule has 0 aliphatic carbocycles. The zero-order valence-corrected chi connectivity index (χ0v) is 22.8. The molecule has 7 heteroatoms. The number of fused-ring (bicyclic) bond motifs is 11. The van der Waals surface area contributed by atoms with Gasteiger partial charge >= 0.3 is 0 Å². The Morgan fingerprint density at radius 2 is 1.47 bits per heavy atom. The minimum absolute atomic E-state index is 0. The first kappa shape index (κ1) is 23.5. The van der Waals surface area contributed by atoms with Gasteiger partial charge in [0.25, 0.3) is 6.85 Å². The van der Waals surface area contributed by atoms with E-state index in [1.807, 2.05) is 18.6 Å². The Morgan fingerprint density at radius 3 is 2.13 bits per heavy atom. The van der Waals surface area contributed by atoms with Crippen molar-refractivity contribution in [3.63, 3.8) is 0 Å². The molecular weight excluding hydrogens is 578 g/mol. The number of anilines is 3. The molecule has 3 aliphatic rings. The van der Waals surface area contributed by atoms with Crippen LogP contribution in [0.25, 0.3) is 32.8 Å². The average molecular weight is 598 g/mol. The normalized spacial score (nSPS) is 14.3. The molecule has 0 unspecified atom stereocenters. The summed E-state index contributed by atoms with van der Waals surface area (Å²) in [5.41, 5.74) is 11.7. The SMILES string of the molecule is CN1C=CN(c2[c-]c3c(cc2)-c2ccccc2N2B3c3[c-]c(-c4nccs4)ccc3-c3ccccc32)[CH-]1.[Pd]. The van der Waals surface area contributed by atoms with Crippen LogP contribution in [0.2, 0.25) is 0 Å². The second-order valence-corrected chi connectivity index (χ2v) is 10.4. The van der Waals surface area contributed by atoms with Gasteiger partial charge in [0, 0.05) is 48.4 Å². The number of nitrogens with zero attached hydrogens (tertiary/aromatic N) is 4. The largest absolute Gasteiger partial charge is 0.510 e. The maximum atomic E-state index is 4.58. The maximum absolute atomic E-state index is 4.58. The summed E-state index contributed by atoms with van der Waals surface area (Å²) in [6.45, 7) is 2.02. The van der Waals surface area contributed by atoms with Crippen LogP contribution in [-0.4, -0.2) is 23.8 Å². The van der Waals surface area contributed by atoms with Crippen molar-refractivity contribution in [1.29, 1.82) is 0 Å². The van der Waals surface area contributed by atoms with Crippen LogP contribution in [0.5, 0.6) is 0 Å². The fourth-order valence-corrected chi connectivity index (χ4v) is 6.39. The maximum Gasteiger partial charge on any atom is 0.285 e. The predicted octanol–water partition coefficient (Wildman–Crippen LogP) is 5.66. The molecule has 4 nitrogen and oxygen atoms in total. The van der Waals surface area contributed by atoms with E-state index in [2.05, 4.69) is 124 Å². The molecule has 0 saturated heterocycles. The van der Waals surface area contributed by atoms with Crippen LogP contribution < -0.4 is 20.6 Å². The van der Waals surface area contributed by atoms with Crippen molar-refractivity contribution in [3.8, 4) is 32.8 Å². The number of para-hydroxylation sites is 2. The van der Waals surface area contributed by atoms with Crippen LogP contribution in [0.15, 0.2) is 96.8 Å². The molecule has 186 valence electrons. The van der Waals surface area contributed by atoms with Gasteiger partial charge in [0.05, 0.1) is 0 Å². The molecule has 0 N–H and O–H groups in total. The number of aromatic nitrogens is 1. The number of benzene rings is 4. The minimum atomic E-state index is -0.0565. The van der Waals surface area contributed by atoms with Gasteiger partial charge in [0.15, 0.2) is 0 Å². The predicted molar refractivity (Wildman–Crippen MR) is 153 cm³/mol. The van der Waals surface area contributed by atoms with E-state index in [1.165, 1.54) is 33.6 Å². The monoisotopic (exact) mass is 597 g/mol. The Hall–Kier alpha value is -3.62. The van der Waals surface area contributed by atoms with E-state index >= 15 is 0 Å². The third-order valence-electron chi connectivity index (χ3n) is 7.36. The van der Waals surface area contributed by atoms with E-state index in [0.717, 1.165) is 27.2 Å². The number of rotatable bonds is 2. The minimum Gasteiger partial charge on any atom is -0.510 e. The van der Waals surface area contributed by atoms with E-state index in [9.17, 15) is 0 Å².